The minimum absolute atomic E-state index is 0.524. The highest BCUT2D eigenvalue weighted by Crippen LogP contribution is 2.29. The first-order valence-corrected chi connectivity index (χ1v) is 10.1. The summed E-state index contributed by atoms with van der Waals surface area (Å²) >= 11 is 0. The maximum absolute atomic E-state index is 4.74. The van der Waals surface area contributed by atoms with Crippen LogP contribution in [0.2, 0.25) is 0 Å². The van der Waals surface area contributed by atoms with Crippen LogP contribution in [0.15, 0.2) is 78.9 Å². The molecule has 2 aromatic heterocycles. The van der Waals surface area contributed by atoms with Crippen LogP contribution in [-0.2, 0) is 0 Å². The zero-order valence-corrected chi connectivity index (χ0v) is 17.3. The predicted molar refractivity (Wildman–Crippen MR) is 126 cm³/mol. The second kappa shape index (κ2) is 7.91. The van der Waals surface area contributed by atoms with Crippen molar-refractivity contribution in [3.05, 3.63) is 90.1 Å². The van der Waals surface area contributed by atoms with Crippen LogP contribution in [0, 0.1) is 13.8 Å². The van der Waals surface area contributed by atoms with Gasteiger partial charge in [0.2, 0.25) is 5.95 Å². The molecule has 0 atom stereocenters. The maximum atomic E-state index is 4.74. The molecule has 0 aliphatic rings. The third-order valence-corrected chi connectivity index (χ3v) is 5.13. The number of rotatable bonds is 5. The lowest BCUT2D eigenvalue weighted by molar-refractivity contribution is 1.05. The van der Waals surface area contributed by atoms with Crippen molar-refractivity contribution in [3.8, 4) is 11.1 Å². The number of aromatic amines is 1. The number of aryl methyl sites for hydroxylation is 2. The Hall–Kier alpha value is -4.19. The first-order valence-electron chi connectivity index (χ1n) is 10.1. The van der Waals surface area contributed by atoms with Crippen molar-refractivity contribution in [2.24, 2.45) is 0 Å². The van der Waals surface area contributed by atoms with Gasteiger partial charge in [0, 0.05) is 22.8 Å². The molecule has 0 saturated heterocycles. The molecular formula is C25H22N6. The quantitative estimate of drug-likeness (QED) is 0.327. The lowest BCUT2D eigenvalue weighted by Crippen LogP contribution is -2.03. The van der Waals surface area contributed by atoms with E-state index in [0.29, 0.717) is 17.6 Å². The van der Waals surface area contributed by atoms with E-state index in [1.165, 1.54) is 16.7 Å². The largest absolute Gasteiger partial charge is 0.324 e. The van der Waals surface area contributed by atoms with Gasteiger partial charge in [-0.05, 0) is 54.8 Å². The van der Waals surface area contributed by atoms with Crippen molar-refractivity contribution in [1.82, 2.24) is 20.2 Å². The van der Waals surface area contributed by atoms with E-state index in [9.17, 15) is 0 Å². The summed E-state index contributed by atoms with van der Waals surface area (Å²) in [7, 11) is 0. The van der Waals surface area contributed by atoms with E-state index in [4.69, 9.17) is 9.97 Å². The Morgan fingerprint density at radius 3 is 2.39 bits per heavy atom. The number of hydrogen-bond acceptors (Lipinski definition) is 5. The van der Waals surface area contributed by atoms with Crippen molar-refractivity contribution in [1.29, 1.82) is 0 Å². The highest BCUT2D eigenvalue weighted by atomic mass is 15.2. The molecule has 0 saturated carbocycles. The summed E-state index contributed by atoms with van der Waals surface area (Å²) in [6, 6.07) is 26.5. The van der Waals surface area contributed by atoms with Gasteiger partial charge in [-0.15, -0.1) is 0 Å². The summed E-state index contributed by atoms with van der Waals surface area (Å²) < 4.78 is 0. The molecule has 0 radical (unpaired) electrons. The lowest BCUT2D eigenvalue weighted by atomic mass is 10.00. The van der Waals surface area contributed by atoms with Gasteiger partial charge in [0.1, 0.15) is 5.82 Å². The number of para-hydroxylation sites is 1. The number of nitrogens with one attached hydrogen (secondary N) is 3. The molecule has 152 valence electrons. The summed E-state index contributed by atoms with van der Waals surface area (Å²) in [5.41, 5.74) is 6.34. The van der Waals surface area contributed by atoms with Crippen molar-refractivity contribution >= 4 is 34.2 Å². The summed E-state index contributed by atoms with van der Waals surface area (Å²) in [6.45, 7) is 4.08. The van der Waals surface area contributed by atoms with Crippen LogP contribution in [0.4, 0.5) is 23.3 Å². The number of aromatic nitrogens is 4. The van der Waals surface area contributed by atoms with Gasteiger partial charge in [-0.3, -0.25) is 5.10 Å². The van der Waals surface area contributed by atoms with E-state index >= 15 is 0 Å². The molecule has 0 fully saturated rings. The van der Waals surface area contributed by atoms with Gasteiger partial charge in [0.05, 0.1) is 5.52 Å². The molecule has 0 aliphatic heterocycles. The van der Waals surface area contributed by atoms with Gasteiger partial charge in [-0.2, -0.15) is 10.1 Å². The number of fused-ring (bicyclic) bond motifs is 1. The molecule has 0 aliphatic carbocycles. The SMILES string of the molecule is Cc1cc(Nc2nc(Nc3ccc(C)c(-c4ccccc4)c3)nc3ccccc23)n[nH]1. The van der Waals surface area contributed by atoms with Crippen LogP contribution in [0.3, 0.4) is 0 Å². The number of hydrogen-bond donors (Lipinski definition) is 3. The summed E-state index contributed by atoms with van der Waals surface area (Å²) in [5, 5.41) is 14.8. The zero-order valence-electron chi connectivity index (χ0n) is 17.3. The number of anilines is 4. The first kappa shape index (κ1) is 18.8. The molecule has 0 amide bonds. The molecule has 6 heteroatoms. The minimum Gasteiger partial charge on any atom is -0.324 e. The average molecular weight is 406 g/mol. The van der Waals surface area contributed by atoms with Crippen LogP contribution in [-0.4, -0.2) is 20.2 Å². The summed E-state index contributed by atoms with van der Waals surface area (Å²) in [4.78, 5) is 9.45. The van der Waals surface area contributed by atoms with E-state index in [2.05, 4.69) is 64.2 Å². The van der Waals surface area contributed by atoms with Crippen LogP contribution < -0.4 is 10.6 Å². The van der Waals surface area contributed by atoms with Gasteiger partial charge >= 0.3 is 0 Å². The van der Waals surface area contributed by atoms with Crippen LogP contribution in [0.1, 0.15) is 11.3 Å². The normalized spacial score (nSPS) is 10.9. The van der Waals surface area contributed by atoms with E-state index in [0.717, 1.165) is 22.3 Å². The van der Waals surface area contributed by atoms with Crippen molar-refractivity contribution in [2.75, 3.05) is 10.6 Å². The molecule has 5 rings (SSSR count). The fourth-order valence-corrected chi connectivity index (χ4v) is 3.59. The minimum atomic E-state index is 0.524. The van der Waals surface area contributed by atoms with Crippen LogP contribution >= 0.6 is 0 Å². The van der Waals surface area contributed by atoms with E-state index in [1.54, 1.807) is 0 Å². The number of H-pyrrole nitrogens is 1. The van der Waals surface area contributed by atoms with Gasteiger partial charge < -0.3 is 10.6 Å². The monoisotopic (exact) mass is 406 g/mol. The fraction of sp³-hybridized carbons (Fsp3) is 0.0800. The molecule has 0 spiro atoms. The Morgan fingerprint density at radius 2 is 1.58 bits per heavy atom. The molecule has 0 unspecified atom stereocenters. The number of nitrogens with zero attached hydrogens (tertiary/aromatic N) is 3. The molecule has 2 heterocycles. The topological polar surface area (TPSA) is 78.5 Å². The molecule has 3 N–H and O–H groups in total. The lowest BCUT2D eigenvalue weighted by Gasteiger charge is -2.13. The van der Waals surface area contributed by atoms with Gasteiger partial charge in [0.15, 0.2) is 5.82 Å². The molecule has 6 nitrogen and oxygen atoms in total. The Balaban J connectivity index is 1.52. The van der Waals surface area contributed by atoms with Crippen molar-refractivity contribution < 1.29 is 0 Å². The van der Waals surface area contributed by atoms with E-state index in [-0.39, 0.29) is 0 Å². The molecule has 3 aromatic carbocycles. The Morgan fingerprint density at radius 1 is 0.774 bits per heavy atom. The second-order valence-corrected chi connectivity index (χ2v) is 7.49. The van der Waals surface area contributed by atoms with Crippen molar-refractivity contribution in [2.45, 2.75) is 13.8 Å². The Kier molecular flexibility index (Phi) is 4.80. The van der Waals surface area contributed by atoms with E-state index < -0.39 is 0 Å². The molecule has 5 aromatic rings. The third-order valence-electron chi connectivity index (χ3n) is 5.13. The first-order chi connectivity index (χ1) is 15.2. The highest BCUT2D eigenvalue weighted by Gasteiger charge is 2.10. The smallest absolute Gasteiger partial charge is 0.229 e. The average Bonchev–Trinajstić information content (AvgIpc) is 3.20. The van der Waals surface area contributed by atoms with Gasteiger partial charge in [0.25, 0.3) is 0 Å². The summed E-state index contributed by atoms with van der Waals surface area (Å²) in [5.74, 6) is 1.94. The van der Waals surface area contributed by atoms with Crippen LogP contribution in [0.5, 0.6) is 0 Å². The van der Waals surface area contributed by atoms with Gasteiger partial charge in [-0.1, -0.05) is 48.5 Å². The van der Waals surface area contributed by atoms with Crippen molar-refractivity contribution in [3.63, 3.8) is 0 Å². The Labute approximate surface area is 180 Å². The van der Waals surface area contributed by atoms with Crippen LogP contribution in [0.25, 0.3) is 22.0 Å². The maximum Gasteiger partial charge on any atom is 0.229 e. The third kappa shape index (κ3) is 3.96. The highest BCUT2D eigenvalue weighted by molar-refractivity contribution is 5.91. The molecular weight excluding hydrogens is 384 g/mol. The molecule has 0 bridgehead atoms. The standard InChI is InChI=1S/C25H22N6/c1-16-12-13-19(15-21(16)18-8-4-3-5-9-18)26-25-27-22-11-7-6-10-20(22)24(29-25)28-23-14-17(2)30-31-23/h3-15H,1-2H3,(H3,26,27,28,29,30,31). The number of benzene rings is 3. The second-order valence-electron chi connectivity index (χ2n) is 7.49. The van der Waals surface area contributed by atoms with E-state index in [1.807, 2.05) is 49.4 Å². The predicted octanol–water partition coefficient (Wildman–Crippen LogP) is 6.12. The molecule has 31 heavy (non-hydrogen) atoms. The fourth-order valence-electron chi connectivity index (χ4n) is 3.59. The Bertz CT molecular complexity index is 1360. The van der Waals surface area contributed by atoms with Gasteiger partial charge in [-0.25, -0.2) is 4.98 Å². The zero-order chi connectivity index (χ0) is 21.2. The summed E-state index contributed by atoms with van der Waals surface area (Å²) in [6.07, 6.45) is 0.